The predicted molar refractivity (Wildman–Crippen MR) is 147 cm³/mol. The van der Waals surface area contributed by atoms with E-state index in [1.165, 1.54) is 27.9 Å². The Morgan fingerprint density at radius 2 is 1.84 bits per heavy atom. The highest BCUT2D eigenvalue weighted by molar-refractivity contribution is 6.05. The van der Waals surface area contributed by atoms with E-state index in [1.54, 1.807) is 32.4 Å². The average Bonchev–Trinajstić information content (AvgIpc) is 3.65. The molecule has 234 valence electrons. The van der Waals surface area contributed by atoms with E-state index in [2.05, 4.69) is 5.10 Å². The number of ketones is 1. The maximum atomic E-state index is 13.7. The van der Waals surface area contributed by atoms with Crippen LogP contribution in [0.2, 0.25) is 0 Å². The van der Waals surface area contributed by atoms with Crippen LogP contribution in [0.3, 0.4) is 0 Å². The molecule has 5 rings (SSSR count). The molecular weight excluding hydrogens is 586 g/mol. The number of benzene rings is 1. The molecule has 3 amide bonds. The normalized spacial score (nSPS) is 22.0. The molecule has 1 fully saturated rings. The van der Waals surface area contributed by atoms with Crippen molar-refractivity contribution in [2.24, 2.45) is 0 Å². The van der Waals surface area contributed by atoms with Crippen LogP contribution in [0.25, 0.3) is 0 Å². The first-order chi connectivity index (χ1) is 20.7. The van der Waals surface area contributed by atoms with Gasteiger partial charge in [-0.3, -0.25) is 24.0 Å². The van der Waals surface area contributed by atoms with E-state index in [-0.39, 0.29) is 36.8 Å². The Kier molecular flexibility index (Phi) is 8.12. The number of carbonyl (C=O) groups is 4. The van der Waals surface area contributed by atoms with Crippen LogP contribution in [0.4, 0.5) is 22.4 Å². The number of rotatable bonds is 8. The first-order valence-electron chi connectivity index (χ1n) is 14.0. The van der Waals surface area contributed by atoms with Gasteiger partial charge in [0.05, 0.1) is 18.7 Å². The van der Waals surface area contributed by atoms with Gasteiger partial charge in [0.25, 0.3) is 0 Å². The Balaban J connectivity index is 1.30. The van der Waals surface area contributed by atoms with E-state index >= 15 is 0 Å². The van der Waals surface area contributed by atoms with Gasteiger partial charge in [-0.15, -0.1) is 0 Å². The largest absolute Gasteiger partial charge is 0.436 e. The first kappa shape index (κ1) is 31.0. The smallest absolute Gasteiger partial charge is 0.411 e. The number of halogens is 4. The first-order valence-corrected chi connectivity index (χ1v) is 14.0. The van der Waals surface area contributed by atoms with Gasteiger partial charge < -0.3 is 14.5 Å². The second-order valence-corrected chi connectivity index (χ2v) is 11.4. The summed E-state index contributed by atoms with van der Waals surface area (Å²) < 4.78 is 61.6. The number of Topliss-reactive ketones (excluding diaryl/α,β-unsaturated/α-hetero) is 1. The Bertz CT molecular complexity index is 1550. The van der Waals surface area contributed by atoms with Crippen LogP contribution in [0.5, 0.6) is 0 Å². The Morgan fingerprint density at radius 1 is 1.14 bits per heavy atom. The molecule has 1 aliphatic heterocycles. The predicted octanol–water partition coefficient (Wildman–Crippen LogP) is 3.59. The van der Waals surface area contributed by atoms with Crippen molar-refractivity contribution < 1.29 is 41.5 Å². The number of hydrogen-bond acceptors (Lipinski definition) is 6. The molecule has 1 spiro atoms. The molecule has 1 saturated heterocycles. The number of amides is 3. The minimum absolute atomic E-state index is 0.0161. The van der Waals surface area contributed by atoms with Crippen molar-refractivity contribution in [3.63, 3.8) is 0 Å². The Labute approximate surface area is 250 Å². The summed E-state index contributed by atoms with van der Waals surface area (Å²) in [6.07, 6.45) is 1.49. The van der Waals surface area contributed by atoms with Gasteiger partial charge in [-0.25, -0.2) is 9.18 Å². The van der Waals surface area contributed by atoms with Crippen molar-refractivity contribution in [1.29, 1.82) is 0 Å². The molecule has 14 heteroatoms. The number of allylic oxidation sites excluding steroid dienone is 2. The van der Waals surface area contributed by atoms with Gasteiger partial charge in [-0.1, -0.05) is 24.3 Å². The highest BCUT2D eigenvalue weighted by Crippen LogP contribution is 2.47. The summed E-state index contributed by atoms with van der Waals surface area (Å²) in [6, 6.07) is 2.58. The summed E-state index contributed by atoms with van der Waals surface area (Å²) in [4.78, 5) is 54.8. The quantitative estimate of drug-likeness (QED) is 0.420. The third kappa shape index (κ3) is 5.97. The molecule has 0 N–H and O–H groups in total. The second-order valence-electron chi connectivity index (χ2n) is 11.4. The zero-order valence-corrected chi connectivity index (χ0v) is 24.3. The molecule has 0 saturated carbocycles. The van der Waals surface area contributed by atoms with Crippen LogP contribution >= 0.6 is 0 Å². The molecule has 0 bridgehead atoms. The van der Waals surface area contributed by atoms with E-state index < -0.39 is 54.6 Å². The van der Waals surface area contributed by atoms with Crippen molar-refractivity contribution >= 4 is 23.7 Å². The fraction of sp³-hybridized carbons (Fsp3) is 0.433. The molecule has 1 unspecified atom stereocenters. The number of carbonyl (C=O) groups excluding carboxylic acids is 4. The van der Waals surface area contributed by atoms with E-state index in [4.69, 9.17) is 4.74 Å². The average molecular weight is 618 g/mol. The highest BCUT2D eigenvalue weighted by atomic mass is 19.4. The van der Waals surface area contributed by atoms with Crippen molar-refractivity contribution in [3.8, 4) is 0 Å². The topological polar surface area (TPSA) is 105 Å². The number of aromatic nitrogens is 2. The number of hydrogen-bond donors (Lipinski definition) is 0. The van der Waals surface area contributed by atoms with Crippen molar-refractivity contribution in [3.05, 3.63) is 76.9 Å². The lowest BCUT2D eigenvalue weighted by atomic mass is 9.83. The molecule has 3 aliphatic rings. The Morgan fingerprint density at radius 3 is 2.50 bits per heavy atom. The monoisotopic (exact) mass is 617 g/mol. The van der Waals surface area contributed by atoms with Crippen LogP contribution < -0.4 is 0 Å². The highest BCUT2D eigenvalue weighted by Gasteiger charge is 2.54. The maximum absolute atomic E-state index is 13.7. The van der Waals surface area contributed by atoms with Crippen LogP contribution in [-0.2, 0) is 32.2 Å². The molecule has 2 heterocycles. The lowest BCUT2D eigenvalue weighted by Gasteiger charge is -2.32. The number of ether oxygens (including phenoxy) is 1. The molecule has 2 aromatic rings. The fourth-order valence-corrected chi connectivity index (χ4v) is 5.70. The van der Waals surface area contributed by atoms with Crippen LogP contribution in [-0.4, -0.2) is 93.2 Å². The molecule has 2 aliphatic carbocycles. The lowest BCUT2D eigenvalue weighted by Crippen LogP contribution is -2.50. The van der Waals surface area contributed by atoms with Gasteiger partial charge >= 0.3 is 12.3 Å². The third-order valence-corrected chi connectivity index (χ3v) is 8.28. The third-order valence-electron chi connectivity index (χ3n) is 8.28. The summed E-state index contributed by atoms with van der Waals surface area (Å²) >= 11 is 0. The Hall–Kier alpha value is -4.49. The molecule has 3 atom stereocenters. The van der Waals surface area contributed by atoms with Crippen molar-refractivity contribution in [2.75, 3.05) is 27.2 Å². The molecule has 1 aromatic heterocycles. The maximum Gasteiger partial charge on any atom is 0.411 e. The van der Waals surface area contributed by atoms with Gasteiger partial charge in [0.2, 0.25) is 11.8 Å². The van der Waals surface area contributed by atoms with Gasteiger partial charge in [0.15, 0.2) is 11.4 Å². The lowest BCUT2D eigenvalue weighted by molar-refractivity contribution is -0.187. The van der Waals surface area contributed by atoms with Crippen molar-refractivity contribution in [2.45, 2.75) is 56.6 Å². The standard InChI is InChI=1S/C30H31F4N5O5/c1-18(30(32,33)34)39(13-19-4-6-21(31)7-5-19)26(41)15-37-17-29(44-28(37)43)11-10-23-24(29)9-8-22(27(23)42)20-12-35-38(14-20)16-25(40)36(2)3/h4-9,12,14,18,22H,10-11,13,15-17H2,1-3H3/t18-,22?,29-/m0/s1. The second kappa shape index (κ2) is 11.5. The SMILES string of the molecule is C[C@H](N(Cc1ccc(F)cc1)C(=O)CN1C[C@]2(CCC3=C2C=CC(c2cnn(CC(=O)N(C)C)c2)C3=O)OC1=O)C(F)(F)F. The summed E-state index contributed by atoms with van der Waals surface area (Å²) in [5.41, 5.74) is 0.644. The summed E-state index contributed by atoms with van der Waals surface area (Å²) in [7, 11) is 3.26. The zero-order chi connectivity index (χ0) is 32.0. The van der Waals surface area contributed by atoms with E-state index in [9.17, 15) is 36.7 Å². The molecular formula is C30H31F4N5O5. The number of likely N-dealkylation sites (N-methyl/N-ethyl adjacent to an activating group) is 1. The van der Waals surface area contributed by atoms with Crippen LogP contribution in [0.15, 0.2) is 60.0 Å². The molecule has 0 radical (unpaired) electrons. The zero-order valence-electron chi connectivity index (χ0n) is 24.3. The van der Waals surface area contributed by atoms with E-state index in [1.807, 2.05) is 0 Å². The van der Waals surface area contributed by atoms with Crippen molar-refractivity contribution in [1.82, 2.24) is 24.5 Å². The molecule has 10 nitrogen and oxygen atoms in total. The van der Waals surface area contributed by atoms with Crippen LogP contribution in [0, 0.1) is 5.82 Å². The summed E-state index contributed by atoms with van der Waals surface area (Å²) in [5, 5.41) is 4.19. The molecule has 1 aromatic carbocycles. The van der Waals surface area contributed by atoms with Gasteiger partial charge in [0.1, 0.15) is 24.9 Å². The number of fused-ring (bicyclic) bond motifs is 1. The van der Waals surface area contributed by atoms with Crippen LogP contribution in [0.1, 0.15) is 36.8 Å². The number of nitrogens with zero attached hydrogens (tertiary/aromatic N) is 5. The fourth-order valence-electron chi connectivity index (χ4n) is 5.70. The summed E-state index contributed by atoms with van der Waals surface area (Å²) in [5.74, 6) is -2.54. The van der Waals surface area contributed by atoms with E-state index in [0.29, 0.717) is 28.0 Å². The molecule has 44 heavy (non-hydrogen) atoms. The van der Waals surface area contributed by atoms with Gasteiger partial charge in [-0.05, 0) is 37.5 Å². The van der Waals surface area contributed by atoms with E-state index in [0.717, 1.165) is 24.0 Å². The van der Waals surface area contributed by atoms with Gasteiger partial charge in [-0.2, -0.15) is 18.3 Å². The summed E-state index contributed by atoms with van der Waals surface area (Å²) in [6.45, 7) is -0.369. The minimum Gasteiger partial charge on any atom is -0.436 e. The minimum atomic E-state index is -4.74. The van der Waals surface area contributed by atoms with Gasteiger partial charge in [0, 0.05) is 43.5 Å². The number of alkyl halides is 3.